The summed E-state index contributed by atoms with van der Waals surface area (Å²) >= 11 is 3.43. The lowest BCUT2D eigenvalue weighted by molar-refractivity contribution is -0.119. The van der Waals surface area contributed by atoms with Crippen molar-refractivity contribution < 1.29 is 4.79 Å². The maximum absolute atomic E-state index is 11.0. The van der Waals surface area contributed by atoms with E-state index in [2.05, 4.69) is 21.4 Å². The molecule has 0 unspecified atom stereocenters. The minimum Gasteiger partial charge on any atom is -0.284 e. The third-order valence-corrected chi connectivity index (χ3v) is 2.64. The van der Waals surface area contributed by atoms with Crippen molar-refractivity contribution in [3.8, 4) is 0 Å². The summed E-state index contributed by atoms with van der Waals surface area (Å²) in [5.41, 5.74) is 3.78. The van der Waals surface area contributed by atoms with E-state index in [1.165, 1.54) is 0 Å². The molecule has 1 aromatic rings. The molecule has 3 nitrogen and oxygen atoms in total. The van der Waals surface area contributed by atoms with Crippen LogP contribution in [0.15, 0.2) is 28.7 Å². The Morgan fingerprint density at radius 3 is 2.77 bits per heavy atom. The van der Waals surface area contributed by atoms with Crippen molar-refractivity contribution in [1.29, 1.82) is 0 Å². The zero-order chi connectivity index (χ0) is 9.26. The molecular weight excluding hydrogens is 232 g/mol. The van der Waals surface area contributed by atoms with E-state index in [1.807, 2.05) is 29.3 Å². The quantitative estimate of drug-likeness (QED) is 0.811. The van der Waals surface area contributed by atoms with Gasteiger partial charge >= 0.3 is 0 Å². The molecule has 0 spiro atoms. The number of carbonyl (C=O) groups excluding carboxylic acids is 1. The molecule has 0 atom stereocenters. The lowest BCUT2D eigenvalue weighted by atomic mass is 10.3. The molecule has 1 fully saturated rings. The van der Waals surface area contributed by atoms with Crippen LogP contribution in [0.5, 0.6) is 0 Å². The van der Waals surface area contributed by atoms with Crippen molar-refractivity contribution in [2.24, 2.45) is 0 Å². The molecule has 1 aliphatic rings. The first-order valence-electron chi connectivity index (χ1n) is 4.09. The Morgan fingerprint density at radius 2 is 2.15 bits per heavy atom. The van der Waals surface area contributed by atoms with E-state index in [9.17, 15) is 4.79 Å². The van der Waals surface area contributed by atoms with E-state index < -0.39 is 0 Å². The second-order valence-electron chi connectivity index (χ2n) is 2.89. The molecular formula is C9H9BrN2O. The summed E-state index contributed by atoms with van der Waals surface area (Å²) in [6.45, 7) is 0.738. The normalized spacial score (nSPS) is 16.1. The Morgan fingerprint density at radius 1 is 1.38 bits per heavy atom. The van der Waals surface area contributed by atoms with Crippen LogP contribution in [-0.2, 0) is 4.79 Å². The lowest BCUT2D eigenvalue weighted by Crippen LogP contribution is -2.33. The Labute approximate surface area is 84.8 Å². The number of benzene rings is 1. The Kier molecular flexibility index (Phi) is 2.22. The monoisotopic (exact) mass is 240 g/mol. The maximum Gasteiger partial charge on any atom is 0.240 e. The molecule has 2 rings (SSSR count). The summed E-state index contributed by atoms with van der Waals surface area (Å²) in [5, 5.41) is 1.85. The SMILES string of the molecule is O=C1CCN(c2ccccc2Br)N1. The van der Waals surface area contributed by atoms with Gasteiger partial charge in [0.1, 0.15) is 0 Å². The van der Waals surface area contributed by atoms with Crippen molar-refractivity contribution in [2.45, 2.75) is 6.42 Å². The Balaban J connectivity index is 2.26. The first-order valence-corrected chi connectivity index (χ1v) is 4.88. The molecule has 4 heteroatoms. The van der Waals surface area contributed by atoms with Crippen LogP contribution in [0.25, 0.3) is 0 Å². The summed E-state index contributed by atoms with van der Waals surface area (Å²) in [5.74, 6) is 0.0794. The van der Waals surface area contributed by atoms with Crippen LogP contribution in [0.1, 0.15) is 6.42 Å². The van der Waals surface area contributed by atoms with Crippen molar-refractivity contribution in [3.63, 3.8) is 0 Å². The number of hydrazine groups is 1. The third kappa shape index (κ3) is 1.67. The van der Waals surface area contributed by atoms with E-state index in [0.29, 0.717) is 6.42 Å². The van der Waals surface area contributed by atoms with E-state index in [0.717, 1.165) is 16.7 Å². The number of carbonyl (C=O) groups is 1. The second-order valence-corrected chi connectivity index (χ2v) is 3.74. The van der Waals surface area contributed by atoms with Gasteiger partial charge in [0.25, 0.3) is 0 Å². The van der Waals surface area contributed by atoms with E-state index >= 15 is 0 Å². The standard InChI is InChI=1S/C9H9BrN2O/c10-7-3-1-2-4-8(7)12-6-5-9(13)11-12/h1-4H,5-6H2,(H,11,13). The number of hydrogen-bond donors (Lipinski definition) is 1. The van der Waals surface area contributed by atoms with Gasteiger partial charge in [-0.05, 0) is 28.1 Å². The van der Waals surface area contributed by atoms with Gasteiger partial charge in [-0.2, -0.15) is 0 Å². The molecule has 1 heterocycles. The summed E-state index contributed by atoms with van der Waals surface area (Å²) in [7, 11) is 0. The summed E-state index contributed by atoms with van der Waals surface area (Å²) in [6, 6.07) is 7.82. The topological polar surface area (TPSA) is 32.3 Å². The van der Waals surface area contributed by atoms with Gasteiger partial charge in [0.05, 0.1) is 5.69 Å². The van der Waals surface area contributed by atoms with E-state index in [-0.39, 0.29) is 5.91 Å². The second kappa shape index (κ2) is 3.38. The number of anilines is 1. The minimum atomic E-state index is 0.0794. The molecule has 1 N–H and O–H groups in total. The summed E-state index contributed by atoms with van der Waals surface area (Å²) in [6.07, 6.45) is 0.571. The average molecular weight is 241 g/mol. The maximum atomic E-state index is 11.0. The van der Waals surface area contributed by atoms with Gasteiger partial charge < -0.3 is 0 Å². The number of amides is 1. The molecule has 68 valence electrons. The zero-order valence-corrected chi connectivity index (χ0v) is 8.54. The number of nitrogens with zero attached hydrogens (tertiary/aromatic N) is 1. The van der Waals surface area contributed by atoms with Crippen molar-refractivity contribution in [3.05, 3.63) is 28.7 Å². The highest BCUT2D eigenvalue weighted by atomic mass is 79.9. The molecule has 1 saturated heterocycles. The lowest BCUT2D eigenvalue weighted by Gasteiger charge is -2.18. The predicted molar refractivity (Wildman–Crippen MR) is 54.2 cm³/mol. The largest absolute Gasteiger partial charge is 0.284 e. The molecule has 1 aromatic carbocycles. The fourth-order valence-electron chi connectivity index (χ4n) is 1.33. The van der Waals surface area contributed by atoms with Crippen LogP contribution in [0.4, 0.5) is 5.69 Å². The number of rotatable bonds is 1. The average Bonchev–Trinajstić information content (AvgIpc) is 2.53. The highest BCUT2D eigenvalue weighted by Crippen LogP contribution is 2.25. The molecule has 0 aromatic heterocycles. The van der Waals surface area contributed by atoms with Crippen LogP contribution >= 0.6 is 15.9 Å². The van der Waals surface area contributed by atoms with Gasteiger partial charge in [-0.3, -0.25) is 15.2 Å². The highest BCUT2D eigenvalue weighted by Gasteiger charge is 2.19. The predicted octanol–water partition coefficient (Wildman–Crippen LogP) is 1.69. The molecule has 1 aliphatic heterocycles. The first-order chi connectivity index (χ1) is 6.27. The number of hydrogen-bond acceptors (Lipinski definition) is 2. The van der Waals surface area contributed by atoms with Crippen LogP contribution in [0, 0.1) is 0 Å². The molecule has 0 aliphatic carbocycles. The summed E-state index contributed by atoms with van der Waals surface area (Å²) < 4.78 is 0.997. The van der Waals surface area contributed by atoms with Gasteiger partial charge in [0.2, 0.25) is 5.91 Å². The summed E-state index contributed by atoms with van der Waals surface area (Å²) in [4.78, 5) is 11.0. The number of para-hydroxylation sites is 1. The zero-order valence-electron chi connectivity index (χ0n) is 6.96. The van der Waals surface area contributed by atoms with Gasteiger partial charge in [-0.1, -0.05) is 12.1 Å². The van der Waals surface area contributed by atoms with Crippen molar-refractivity contribution in [1.82, 2.24) is 5.43 Å². The number of halogens is 1. The van der Waals surface area contributed by atoms with Gasteiger partial charge in [-0.25, -0.2) is 0 Å². The van der Waals surface area contributed by atoms with Crippen LogP contribution < -0.4 is 10.4 Å². The molecule has 1 amide bonds. The molecule has 0 saturated carbocycles. The van der Waals surface area contributed by atoms with Gasteiger partial charge in [0.15, 0.2) is 0 Å². The first kappa shape index (κ1) is 8.56. The van der Waals surface area contributed by atoms with Gasteiger partial charge in [-0.15, -0.1) is 0 Å². The van der Waals surface area contributed by atoms with E-state index in [1.54, 1.807) is 0 Å². The van der Waals surface area contributed by atoms with Crippen molar-refractivity contribution in [2.75, 3.05) is 11.6 Å². The van der Waals surface area contributed by atoms with Gasteiger partial charge in [0, 0.05) is 17.4 Å². The highest BCUT2D eigenvalue weighted by molar-refractivity contribution is 9.10. The van der Waals surface area contributed by atoms with Crippen molar-refractivity contribution >= 4 is 27.5 Å². The Bertz CT molecular complexity index is 340. The van der Waals surface area contributed by atoms with Crippen LogP contribution in [0.2, 0.25) is 0 Å². The molecule has 0 bridgehead atoms. The number of nitrogens with one attached hydrogen (secondary N) is 1. The fraction of sp³-hybridized carbons (Fsp3) is 0.222. The van der Waals surface area contributed by atoms with Crippen LogP contribution in [-0.4, -0.2) is 12.5 Å². The van der Waals surface area contributed by atoms with E-state index in [4.69, 9.17) is 0 Å². The molecule has 0 radical (unpaired) electrons. The smallest absolute Gasteiger partial charge is 0.240 e. The minimum absolute atomic E-state index is 0.0794. The Hall–Kier alpha value is -1.03. The molecule has 13 heavy (non-hydrogen) atoms. The fourth-order valence-corrected chi connectivity index (χ4v) is 1.83. The van der Waals surface area contributed by atoms with Crippen LogP contribution in [0.3, 0.4) is 0 Å². The third-order valence-electron chi connectivity index (χ3n) is 1.97.